The third-order valence-corrected chi connectivity index (χ3v) is 5.67. The molecule has 0 aliphatic heterocycles. The molecule has 0 spiro atoms. The highest BCUT2D eigenvalue weighted by molar-refractivity contribution is 5.85. The normalized spacial score (nSPS) is 10.7. The fourth-order valence-corrected chi connectivity index (χ4v) is 3.72. The molecule has 0 unspecified atom stereocenters. The van der Waals surface area contributed by atoms with Gasteiger partial charge in [0.05, 0.1) is 0 Å². The van der Waals surface area contributed by atoms with Crippen molar-refractivity contribution in [2.75, 3.05) is 26.2 Å². The van der Waals surface area contributed by atoms with Gasteiger partial charge in [0, 0.05) is 13.0 Å². The molecule has 0 fully saturated rings. The van der Waals surface area contributed by atoms with Crippen LogP contribution < -0.4 is 16.4 Å². The van der Waals surface area contributed by atoms with E-state index in [4.69, 9.17) is 5.73 Å². The largest absolute Gasteiger partial charge is 0.356 e. The highest BCUT2D eigenvalue weighted by atomic mass is 35.5. The maximum Gasteiger partial charge on any atom is 0.220 e. The maximum atomic E-state index is 11.5. The Morgan fingerprint density at radius 2 is 1.03 bits per heavy atom. The van der Waals surface area contributed by atoms with Gasteiger partial charge < -0.3 is 16.4 Å². The Morgan fingerprint density at radius 1 is 0.600 bits per heavy atom. The van der Waals surface area contributed by atoms with Gasteiger partial charge in [0.2, 0.25) is 5.91 Å². The summed E-state index contributed by atoms with van der Waals surface area (Å²) in [5.41, 5.74) is 5.41. The van der Waals surface area contributed by atoms with E-state index in [0.717, 1.165) is 25.9 Å². The fourth-order valence-electron chi connectivity index (χ4n) is 3.72. The van der Waals surface area contributed by atoms with Crippen LogP contribution in [0.1, 0.15) is 129 Å². The lowest BCUT2D eigenvalue weighted by molar-refractivity contribution is -0.121. The minimum atomic E-state index is 0. The van der Waals surface area contributed by atoms with Crippen molar-refractivity contribution in [3.63, 3.8) is 0 Å². The molecular weight excluding hydrogens is 394 g/mol. The van der Waals surface area contributed by atoms with E-state index >= 15 is 0 Å². The first kappa shape index (κ1) is 31.9. The lowest BCUT2D eigenvalue weighted by Crippen LogP contribution is -2.27. The van der Waals surface area contributed by atoms with Crippen LogP contribution in [0.15, 0.2) is 0 Å². The summed E-state index contributed by atoms with van der Waals surface area (Å²) in [5, 5.41) is 6.36. The molecule has 0 saturated heterocycles. The second kappa shape index (κ2) is 28.7. The molecule has 0 aromatic carbocycles. The molecule has 30 heavy (non-hydrogen) atoms. The molecule has 0 atom stereocenters. The average molecular weight is 448 g/mol. The summed E-state index contributed by atoms with van der Waals surface area (Å²) in [7, 11) is 0. The first-order valence-corrected chi connectivity index (χ1v) is 13.0. The molecule has 0 aromatic heterocycles. The smallest absolute Gasteiger partial charge is 0.220 e. The second-order valence-corrected chi connectivity index (χ2v) is 8.65. The zero-order valence-corrected chi connectivity index (χ0v) is 21.0. The molecule has 0 saturated carbocycles. The van der Waals surface area contributed by atoms with Gasteiger partial charge in [-0.1, -0.05) is 103 Å². The Hall–Kier alpha value is -0.320. The van der Waals surface area contributed by atoms with Crippen LogP contribution in [0, 0.1) is 0 Å². The van der Waals surface area contributed by atoms with Gasteiger partial charge in [-0.05, 0) is 38.9 Å². The van der Waals surface area contributed by atoms with Crippen LogP contribution in [0.25, 0.3) is 0 Å². The van der Waals surface area contributed by atoms with E-state index in [-0.39, 0.29) is 18.3 Å². The topological polar surface area (TPSA) is 67.2 Å². The number of halogens is 1. The Balaban J connectivity index is 0. The molecule has 4 nitrogen and oxygen atoms in total. The number of nitrogens with two attached hydrogens (primary N) is 1. The van der Waals surface area contributed by atoms with Crippen molar-refractivity contribution in [2.24, 2.45) is 5.73 Å². The maximum absolute atomic E-state index is 11.5. The van der Waals surface area contributed by atoms with Crippen LogP contribution in [-0.4, -0.2) is 32.1 Å². The summed E-state index contributed by atoms with van der Waals surface area (Å²) in [6.07, 6.45) is 25.0. The molecule has 0 aliphatic carbocycles. The van der Waals surface area contributed by atoms with Crippen molar-refractivity contribution < 1.29 is 4.79 Å². The van der Waals surface area contributed by atoms with Crippen molar-refractivity contribution >= 4 is 18.3 Å². The highest BCUT2D eigenvalue weighted by Crippen LogP contribution is 2.13. The molecule has 0 radical (unpaired) electrons. The van der Waals surface area contributed by atoms with Crippen molar-refractivity contribution in [3.8, 4) is 0 Å². The number of unbranched alkanes of at least 4 members (excludes halogenated alkanes) is 15. The van der Waals surface area contributed by atoms with Crippen LogP contribution in [0.4, 0.5) is 0 Å². The van der Waals surface area contributed by atoms with Crippen LogP contribution in [0.2, 0.25) is 0 Å². The van der Waals surface area contributed by atoms with E-state index < -0.39 is 0 Å². The number of amides is 1. The SMILES string of the molecule is CCCCCCCCCCCCCCCCCCNCCCC(=O)NCCCN.Cl. The van der Waals surface area contributed by atoms with Crippen LogP contribution in [0.5, 0.6) is 0 Å². The quantitative estimate of drug-likeness (QED) is 0.148. The van der Waals surface area contributed by atoms with E-state index in [1.807, 2.05) is 0 Å². The summed E-state index contributed by atoms with van der Waals surface area (Å²) in [4.78, 5) is 11.5. The van der Waals surface area contributed by atoms with Crippen molar-refractivity contribution in [1.82, 2.24) is 10.6 Å². The predicted octanol–water partition coefficient (Wildman–Crippen LogP) is 6.50. The first-order valence-electron chi connectivity index (χ1n) is 13.0. The van der Waals surface area contributed by atoms with E-state index in [1.54, 1.807) is 0 Å². The van der Waals surface area contributed by atoms with Crippen LogP contribution >= 0.6 is 12.4 Å². The molecule has 182 valence electrons. The lowest BCUT2D eigenvalue weighted by Gasteiger charge is -2.06. The molecule has 1 amide bonds. The summed E-state index contributed by atoms with van der Waals surface area (Å²) < 4.78 is 0. The molecule has 0 rings (SSSR count). The Kier molecular flexibility index (Phi) is 30.5. The number of hydrogen-bond acceptors (Lipinski definition) is 3. The van der Waals surface area contributed by atoms with Gasteiger partial charge in [-0.15, -0.1) is 12.4 Å². The average Bonchev–Trinajstić information content (AvgIpc) is 2.72. The minimum Gasteiger partial charge on any atom is -0.356 e. The predicted molar refractivity (Wildman–Crippen MR) is 136 cm³/mol. The van der Waals surface area contributed by atoms with Gasteiger partial charge in [0.1, 0.15) is 0 Å². The third-order valence-electron chi connectivity index (χ3n) is 5.67. The third kappa shape index (κ3) is 27.7. The van der Waals surface area contributed by atoms with Crippen LogP contribution in [-0.2, 0) is 4.79 Å². The fraction of sp³-hybridized carbons (Fsp3) is 0.960. The van der Waals surface area contributed by atoms with Gasteiger partial charge in [-0.2, -0.15) is 0 Å². The lowest BCUT2D eigenvalue weighted by atomic mass is 10.0. The second-order valence-electron chi connectivity index (χ2n) is 8.65. The zero-order chi connectivity index (χ0) is 21.3. The number of carbonyl (C=O) groups is 1. The Labute approximate surface area is 194 Å². The zero-order valence-electron chi connectivity index (χ0n) is 20.2. The number of rotatable bonds is 24. The summed E-state index contributed by atoms with van der Waals surface area (Å²) in [6, 6.07) is 0. The van der Waals surface area contributed by atoms with Gasteiger partial charge >= 0.3 is 0 Å². The molecule has 0 bridgehead atoms. The van der Waals surface area contributed by atoms with Crippen molar-refractivity contribution in [1.29, 1.82) is 0 Å². The molecule has 0 aliphatic rings. The number of carbonyl (C=O) groups excluding carboxylic acids is 1. The van der Waals surface area contributed by atoms with E-state index in [0.29, 0.717) is 19.5 Å². The van der Waals surface area contributed by atoms with Crippen molar-refractivity contribution in [2.45, 2.75) is 129 Å². The van der Waals surface area contributed by atoms with E-state index in [2.05, 4.69) is 17.6 Å². The van der Waals surface area contributed by atoms with E-state index in [9.17, 15) is 4.79 Å². The standard InChI is InChI=1S/C25H53N3O.ClH/c1-2-3-4-5-6-7-8-9-10-11-12-13-14-15-16-17-22-27-23-18-20-25(29)28-24-19-21-26;/h27H,2-24,26H2,1H3,(H,28,29);1H. The highest BCUT2D eigenvalue weighted by Gasteiger charge is 1.99. The first-order chi connectivity index (χ1) is 14.3. The molecule has 0 heterocycles. The summed E-state index contributed by atoms with van der Waals surface area (Å²) >= 11 is 0. The minimum absolute atomic E-state index is 0. The Morgan fingerprint density at radius 3 is 1.50 bits per heavy atom. The number of nitrogens with one attached hydrogen (secondary N) is 2. The summed E-state index contributed by atoms with van der Waals surface area (Å²) in [6.45, 7) is 5.68. The van der Waals surface area contributed by atoms with Gasteiger partial charge in [-0.3, -0.25) is 4.79 Å². The molecular formula is C25H54ClN3O. The van der Waals surface area contributed by atoms with Gasteiger partial charge in [0.15, 0.2) is 0 Å². The van der Waals surface area contributed by atoms with Crippen LogP contribution in [0.3, 0.4) is 0 Å². The Bertz CT molecular complexity index is 330. The number of hydrogen-bond donors (Lipinski definition) is 3. The summed E-state index contributed by atoms with van der Waals surface area (Å²) in [5.74, 6) is 0.155. The molecule has 4 N–H and O–H groups in total. The monoisotopic (exact) mass is 447 g/mol. The van der Waals surface area contributed by atoms with E-state index in [1.165, 1.54) is 103 Å². The van der Waals surface area contributed by atoms with Gasteiger partial charge in [0.25, 0.3) is 0 Å². The molecule has 5 heteroatoms. The van der Waals surface area contributed by atoms with Gasteiger partial charge in [-0.25, -0.2) is 0 Å². The molecule has 0 aromatic rings. The van der Waals surface area contributed by atoms with Crippen molar-refractivity contribution in [3.05, 3.63) is 0 Å².